The minimum absolute atomic E-state index is 0.0162. The van der Waals surface area contributed by atoms with Crippen molar-refractivity contribution in [2.75, 3.05) is 0 Å². The van der Waals surface area contributed by atoms with Gasteiger partial charge in [0.15, 0.2) is 23.1 Å². The average molecular weight is 927 g/mol. The Hall–Kier alpha value is -7.96. The van der Waals surface area contributed by atoms with Gasteiger partial charge < -0.3 is 9.47 Å². The Kier molecular flexibility index (Phi) is 9.61. The zero-order chi connectivity index (χ0) is 45.5. The van der Waals surface area contributed by atoms with Crippen LogP contribution in [0.3, 0.4) is 0 Å². The molecule has 0 amide bonds. The van der Waals surface area contributed by atoms with Crippen LogP contribution in [0, 0.1) is 0 Å². The number of esters is 2. The number of carbonyl (C=O) groups excluding carboxylic acids is 6. The van der Waals surface area contributed by atoms with Gasteiger partial charge in [-0.3, -0.25) is 19.2 Å². The third-order valence-electron chi connectivity index (χ3n) is 12.2. The summed E-state index contributed by atoms with van der Waals surface area (Å²) >= 11 is 3.74. The van der Waals surface area contributed by atoms with Crippen molar-refractivity contribution < 1.29 is 38.2 Å². The van der Waals surface area contributed by atoms with Crippen LogP contribution in [0.15, 0.2) is 157 Å². The van der Waals surface area contributed by atoms with Gasteiger partial charge in [-0.1, -0.05) is 109 Å². The topological polar surface area (TPSA) is 121 Å². The summed E-state index contributed by atoms with van der Waals surface area (Å²) in [6.45, 7) is -0.0477. The molecule has 2 aliphatic carbocycles. The van der Waals surface area contributed by atoms with Crippen molar-refractivity contribution in [1.82, 2.24) is 0 Å². The van der Waals surface area contributed by atoms with Crippen LogP contribution in [0.4, 0.5) is 0 Å². The minimum atomic E-state index is -0.645. The molecule has 0 atom stereocenters. The number of ketones is 4. The molecule has 3 heterocycles. The summed E-state index contributed by atoms with van der Waals surface area (Å²) in [4.78, 5) is 86.0. The first-order valence-electron chi connectivity index (χ1n) is 21.2. The van der Waals surface area contributed by atoms with Crippen LogP contribution < -0.4 is 0 Å². The Balaban J connectivity index is 1.04. The maximum atomic E-state index is 14.8. The van der Waals surface area contributed by atoms with E-state index in [1.807, 2.05) is 115 Å². The highest BCUT2D eigenvalue weighted by molar-refractivity contribution is 7.33. The quantitative estimate of drug-likeness (QED) is 0.0839. The lowest BCUT2D eigenvalue weighted by molar-refractivity contribution is 0.0466. The number of allylic oxidation sites excluding steroid dienone is 2. The number of ether oxygens (including phenoxy) is 2. The summed E-state index contributed by atoms with van der Waals surface area (Å²) < 4.78 is 14.3. The first-order chi connectivity index (χ1) is 32.7. The molecule has 0 aliphatic heterocycles. The van der Waals surface area contributed by atoms with E-state index < -0.39 is 23.5 Å². The molecular formula is C56H30O8S3. The summed E-state index contributed by atoms with van der Waals surface area (Å²) in [5.74, 6) is -2.82. The van der Waals surface area contributed by atoms with Gasteiger partial charge in [-0.15, -0.1) is 34.0 Å². The average Bonchev–Trinajstić information content (AvgIpc) is 4.14. The van der Waals surface area contributed by atoms with Gasteiger partial charge in [-0.25, -0.2) is 9.59 Å². The molecule has 10 aromatic rings. The number of rotatable bonds is 8. The van der Waals surface area contributed by atoms with Crippen LogP contribution >= 0.6 is 34.0 Å². The second kappa shape index (κ2) is 15.9. The second-order valence-corrected chi connectivity index (χ2v) is 19.6. The van der Waals surface area contributed by atoms with Gasteiger partial charge in [0.25, 0.3) is 0 Å². The predicted octanol–water partition coefficient (Wildman–Crippen LogP) is 13.3. The summed E-state index contributed by atoms with van der Waals surface area (Å²) in [6, 6.07) is 44.3. The highest BCUT2D eigenvalue weighted by atomic mass is 32.1. The van der Waals surface area contributed by atoms with Crippen molar-refractivity contribution in [3.63, 3.8) is 0 Å². The fourth-order valence-corrected chi connectivity index (χ4v) is 12.8. The Morgan fingerprint density at radius 3 is 1.30 bits per heavy atom. The van der Waals surface area contributed by atoms with Crippen LogP contribution in [0.2, 0.25) is 0 Å². The van der Waals surface area contributed by atoms with E-state index in [4.69, 9.17) is 9.47 Å². The standard InChI is InChI=1S/C56H30O8S3/c57-48-37-19-31-15-7-8-16-32(31)20-38(37)49(58)42(48)24-35-23-41-45(55(61)63-27-29-11-3-1-4-12-29)54-46(47(52(41)65-35)56(62)64-28-30-13-5-2-6-14-30)53-44(67-54)26-36(66-53)25-43-50(59)39-21-33-17-9-10-18-34(33)22-40(39)51(43)60/h1-26H,27-28H2. The van der Waals surface area contributed by atoms with E-state index in [1.165, 1.54) is 40.1 Å². The minimum Gasteiger partial charge on any atom is -0.457 e. The molecule has 12 rings (SSSR count). The molecule has 0 saturated carbocycles. The third kappa shape index (κ3) is 6.77. The number of benzene rings is 7. The van der Waals surface area contributed by atoms with Gasteiger partial charge in [0.2, 0.25) is 0 Å². The van der Waals surface area contributed by atoms with Crippen molar-refractivity contribution in [2.45, 2.75) is 13.2 Å². The van der Waals surface area contributed by atoms with Crippen LogP contribution in [0.25, 0.3) is 63.3 Å². The summed E-state index contributed by atoms with van der Waals surface area (Å²) in [6.07, 6.45) is 3.14. The predicted molar refractivity (Wildman–Crippen MR) is 265 cm³/mol. The first kappa shape index (κ1) is 40.5. The molecule has 8 nitrogen and oxygen atoms in total. The van der Waals surface area contributed by atoms with Crippen molar-refractivity contribution in [2.24, 2.45) is 0 Å². The maximum Gasteiger partial charge on any atom is 0.340 e. The molecule has 2 aliphatic rings. The molecule has 0 saturated heterocycles. The molecule has 0 spiro atoms. The highest BCUT2D eigenvalue weighted by Gasteiger charge is 2.36. The lowest BCUT2D eigenvalue weighted by Gasteiger charge is -2.12. The van der Waals surface area contributed by atoms with E-state index in [9.17, 15) is 28.8 Å². The summed E-state index contributed by atoms with van der Waals surface area (Å²) in [5.41, 5.74) is 3.33. The van der Waals surface area contributed by atoms with E-state index in [0.717, 1.165) is 37.4 Å². The fraction of sp³-hybridized carbons (Fsp3) is 0.0357. The van der Waals surface area contributed by atoms with Gasteiger partial charge in [0.1, 0.15) is 13.2 Å². The van der Waals surface area contributed by atoms with Gasteiger partial charge in [0.05, 0.1) is 36.4 Å². The molecule has 67 heavy (non-hydrogen) atoms. The lowest BCUT2D eigenvalue weighted by Crippen LogP contribution is -2.10. The van der Waals surface area contributed by atoms with Crippen molar-refractivity contribution in [3.8, 4) is 0 Å². The molecule has 0 radical (unpaired) electrons. The fourth-order valence-electron chi connectivity index (χ4n) is 9.02. The number of thiophene rings is 3. The zero-order valence-electron chi connectivity index (χ0n) is 34.9. The Morgan fingerprint density at radius 1 is 0.433 bits per heavy atom. The smallest absolute Gasteiger partial charge is 0.340 e. The van der Waals surface area contributed by atoms with Gasteiger partial charge >= 0.3 is 11.9 Å². The monoisotopic (exact) mass is 926 g/mol. The number of hydrogen-bond acceptors (Lipinski definition) is 11. The second-order valence-electron chi connectivity index (χ2n) is 16.3. The SMILES string of the molecule is O=C1C(=Cc2cc3c(C(=O)OCc4ccccc4)c4sc5cc(C=C6C(=O)c7cc8ccccc8cc7C6=O)sc5c4c(C(=O)OCc4ccccc4)c3s2)C(=O)c2cc3ccccc3cc21. The largest absolute Gasteiger partial charge is 0.457 e. The molecule has 0 fully saturated rings. The van der Waals surface area contributed by atoms with Crippen LogP contribution in [-0.4, -0.2) is 35.1 Å². The van der Waals surface area contributed by atoms with E-state index in [2.05, 4.69) is 0 Å². The van der Waals surface area contributed by atoms with E-state index >= 15 is 0 Å². The van der Waals surface area contributed by atoms with Crippen LogP contribution in [0.5, 0.6) is 0 Å². The third-order valence-corrected chi connectivity index (χ3v) is 15.7. The van der Waals surface area contributed by atoms with Gasteiger partial charge in [-0.2, -0.15) is 0 Å². The maximum absolute atomic E-state index is 14.8. The van der Waals surface area contributed by atoms with Gasteiger partial charge in [-0.05, 0) is 81.2 Å². The van der Waals surface area contributed by atoms with E-state index in [1.54, 1.807) is 36.4 Å². The molecule has 0 N–H and O–H groups in total. The molecule has 320 valence electrons. The van der Waals surface area contributed by atoms with Crippen molar-refractivity contribution >= 4 is 132 Å². The number of Topliss-reactive ketones (excluding diaryl/α,β-unsaturated/α-hetero) is 4. The molecule has 11 heteroatoms. The number of hydrogen-bond donors (Lipinski definition) is 0. The highest BCUT2D eigenvalue weighted by Crippen LogP contribution is 2.49. The Labute approximate surface area is 392 Å². The Morgan fingerprint density at radius 2 is 0.836 bits per heavy atom. The first-order valence-corrected chi connectivity index (χ1v) is 23.7. The summed E-state index contributed by atoms with van der Waals surface area (Å²) in [7, 11) is 0. The number of fused-ring (bicyclic) bond motifs is 8. The molecule has 7 aromatic carbocycles. The van der Waals surface area contributed by atoms with Crippen molar-refractivity contribution in [1.29, 1.82) is 0 Å². The number of carbonyl (C=O) groups is 6. The van der Waals surface area contributed by atoms with E-state index in [0.29, 0.717) is 56.9 Å². The molecule has 3 aromatic heterocycles. The van der Waals surface area contributed by atoms with E-state index in [-0.39, 0.29) is 47.1 Å². The van der Waals surface area contributed by atoms with Crippen LogP contribution in [0.1, 0.15) is 83.0 Å². The van der Waals surface area contributed by atoms with Crippen LogP contribution in [-0.2, 0) is 22.7 Å². The van der Waals surface area contributed by atoms with Crippen molar-refractivity contribution in [3.05, 3.63) is 211 Å². The zero-order valence-corrected chi connectivity index (χ0v) is 37.4. The normalized spacial score (nSPS) is 13.4. The summed E-state index contributed by atoms with van der Waals surface area (Å²) in [5, 5.41) is 4.24. The molecular weight excluding hydrogens is 897 g/mol. The Bertz CT molecular complexity index is 3810. The molecule has 0 bridgehead atoms. The van der Waals surface area contributed by atoms with Gasteiger partial charge in [0, 0.05) is 47.5 Å². The molecule has 0 unspecified atom stereocenters. The lowest BCUT2D eigenvalue weighted by atomic mass is 10.0.